The molecule has 2 nitrogen and oxygen atoms in total. The highest BCUT2D eigenvalue weighted by atomic mass is 19.4. The largest absolute Gasteiger partial charge is 0.417 e. The Labute approximate surface area is 330 Å². The van der Waals surface area contributed by atoms with E-state index in [4.69, 9.17) is 0 Å². The maximum Gasteiger partial charge on any atom is 0.417 e. The predicted molar refractivity (Wildman–Crippen MR) is 216 cm³/mol. The quantitative estimate of drug-likeness (QED) is 0.0933. The Morgan fingerprint density at radius 3 is 1.19 bits per heavy atom. The molecule has 0 saturated heterocycles. The first-order valence-corrected chi connectivity index (χ1v) is 18.5. The number of benzene rings is 8. The number of hydrogen-bond acceptors (Lipinski definition) is 0. The van der Waals surface area contributed by atoms with Crippen LogP contribution in [0, 0.1) is 29.1 Å². The van der Waals surface area contributed by atoms with E-state index in [9.17, 15) is 13.2 Å². The van der Waals surface area contributed by atoms with Crippen LogP contribution in [0.5, 0.6) is 0 Å². The van der Waals surface area contributed by atoms with Gasteiger partial charge in [-0.05, 0) is 58.7 Å². The number of halogens is 8. The predicted octanol–water partition coefficient (Wildman–Crippen LogP) is 14.6. The molecule has 0 N–H and O–H groups in total. The lowest BCUT2D eigenvalue weighted by Gasteiger charge is -2.23. The van der Waals surface area contributed by atoms with Crippen LogP contribution in [0.1, 0.15) is 5.56 Å². The van der Waals surface area contributed by atoms with Gasteiger partial charge in [0.15, 0.2) is 23.3 Å². The first-order chi connectivity index (χ1) is 28.5. The van der Waals surface area contributed by atoms with Crippen LogP contribution >= 0.6 is 0 Å². The summed E-state index contributed by atoms with van der Waals surface area (Å²) < 4.78 is 126. The third kappa shape index (κ3) is 5.61. The van der Waals surface area contributed by atoms with Crippen molar-refractivity contribution < 1.29 is 35.1 Å². The normalized spacial score (nSPS) is 12.1. The van der Waals surface area contributed by atoms with E-state index < -0.39 is 52.0 Å². The van der Waals surface area contributed by atoms with Crippen LogP contribution in [0.4, 0.5) is 35.1 Å². The van der Waals surface area contributed by atoms with Crippen LogP contribution in [0.15, 0.2) is 158 Å². The van der Waals surface area contributed by atoms with E-state index in [1.54, 1.807) is 33.4 Å². The van der Waals surface area contributed by atoms with Crippen LogP contribution in [0.25, 0.3) is 88.4 Å². The zero-order chi connectivity index (χ0) is 40.7. The molecule has 10 aromatic rings. The van der Waals surface area contributed by atoms with Crippen molar-refractivity contribution in [1.29, 1.82) is 0 Å². The molecule has 0 aliphatic carbocycles. The number of nitrogens with zero attached hydrogens (tertiary/aromatic N) is 2. The summed E-state index contributed by atoms with van der Waals surface area (Å²) in [4.78, 5) is 0. The van der Waals surface area contributed by atoms with Crippen molar-refractivity contribution in [1.82, 2.24) is 9.13 Å². The highest BCUT2D eigenvalue weighted by Gasteiger charge is 2.39. The van der Waals surface area contributed by atoms with Crippen LogP contribution in [0.3, 0.4) is 0 Å². The molecule has 0 saturated carbocycles. The second-order valence-electron chi connectivity index (χ2n) is 14.2. The summed E-state index contributed by atoms with van der Waals surface area (Å²) in [6, 6.07) is 46.1. The first-order valence-electron chi connectivity index (χ1n) is 18.5. The lowest BCUT2D eigenvalue weighted by molar-refractivity contribution is -0.137. The van der Waals surface area contributed by atoms with Crippen molar-refractivity contribution in [2.75, 3.05) is 0 Å². The number of rotatable bonds is 5. The molecule has 8 aromatic carbocycles. The summed E-state index contributed by atoms with van der Waals surface area (Å²) in [5.41, 5.74) is 0.684. The molecule has 0 fully saturated rings. The second kappa shape index (κ2) is 13.4. The molecule has 0 unspecified atom stereocenters. The SMILES string of the molecule is Fc1c(F)c(F)c(-c2cc(-n3c4ccccc4c4ccc(-c5ccccc5)cc43)c(-n3c4ccccc4c4ccc(-c5ccccc5)cc43)cc2C(F)(F)F)c(F)c1F. The summed E-state index contributed by atoms with van der Waals surface area (Å²) in [6.45, 7) is 0. The number of para-hydroxylation sites is 2. The van der Waals surface area contributed by atoms with Crippen molar-refractivity contribution in [3.8, 4) is 44.8 Å². The molecule has 0 radical (unpaired) electrons. The minimum Gasteiger partial charge on any atom is -0.307 e. The Balaban J connectivity index is 1.42. The van der Waals surface area contributed by atoms with Gasteiger partial charge in [-0.1, -0.05) is 121 Å². The molecular weight excluding hydrogens is 769 g/mol. The van der Waals surface area contributed by atoms with Crippen molar-refractivity contribution in [2.45, 2.75) is 6.18 Å². The molecule has 59 heavy (non-hydrogen) atoms. The molecule has 10 rings (SSSR count). The molecule has 0 spiro atoms. The third-order valence-corrected chi connectivity index (χ3v) is 10.9. The zero-order valence-electron chi connectivity index (χ0n) is 30.4. The van der Waals surface area contributed by atoms with Crippen molar-refractivity contribution >= 4 is 43.6 Å². The number of aromatic nitrogens is 2. The fraction of sp³-hybridized carbons (Fsp3) is 0.0204. The van der Waals surface area contributed by atoms with E-state index in [0.717, 1.165) is 34.4 Å². The van der Waals surface area contributed by atoms with Gasteiger partial charge in [-0.3, -0.25) is 0 Å². The Bertz CT molecular complexity index is 3280. The molecule has 2 aromatic heterocycles. The Hall–Kier alpha value is -7.20. The van der Waals surface area contributed by atoms with Crippen LogP contribution in [-0.2, 0) is 6.18 Å². The molecule has 288 valence electrons. The molecule has 0 atom stereocenters. The minimum atomic E-state index is -5.34. The fourth-order valence-electron chi connectivity index (χ4n) is 8.30. The molecule has 0 aliphatic heterocycles. The van der Waals surface area contributed by atoms with Crippen LogP contribution in [-0.4, -0.2) is 9.13 Å². The summed E-state index contributed by atoms with van der Waals surface area (Å²) in [5.74, 6) is -12.0. The topological polar surface area (TPSA) is 9.86 Å². The van der Waals surface area contributed by atoms with Gasteiger partial charge in [0, 0.05) is 27.1 Å². The zero-order valence-corrected chi connectivity index (χ0v) is 30.4. The smallest absolute Gasteiger partial charge is 0.307 e. The number of alkyl halides is 3. The standard InChI is InChI=1S/C49H26F8N2/c50-44-43(45(51)47(53)48(54)46(44)52)35-25-41(58-37-17-9-7-15-31(37)33-21-19-29(23-39(33)58)27-11-3-1-4-12-27)42(26-36(35)49(55,56)57)59-38-18-10-8-16-32(38)34-22-20-30(24-40(34)59)28-13-5-2-6-14-28/h1-26H. The summed E-state index contributed by atoms with van der Waals surface area (Å²) in [5, 5.41) is 2.83. The molecule has 0 bridgehead atoms. The van der Waals surface area contributed by atoms with Crippen molar-refractivity contribution in [3.05, 3.63) is 192 Å². The minimum absolute atomic E-state index is 0.0129. The van der Waals surface area contributed by atoms with Gasteiger partial charge in [-0.25, -0.2) is 22.0 Å². The highest BCUT2D eigenvalue weighted by molar-refractivity contribution is 6.12. The van der Waals surface area contributed by atoms with E-state index in [-0.39, 0.29) is 11.4 Å². The highest BCUT2D eigenvalue weighted by Crippen LogP contribution is 2.47. The van der Waals surface area contributed by atoms with Gasteiger partial charge < -0.3 is 9.13 Å². The number of hydrogen-bond donors (Lipinski definition) is 0. The van der Waals surface area contributed by atoms with Gasteiger partial charge in [0.1, 0.15) is 0 Å². The van der Waals surface area contributed by atoms with E-state index in [0.29, 0.717) is 43.6 Å². The summed E-state index contributed by atoms with van der Waals surface area (Å²) >= 11 is 0. The summed E-state index contributed by atoms with van der Waals surface area (Å²) in [7, 11) is 0. The van der Waals surface area contributed by atoms with E-state index >= 15 is 22.0 Å². The van der Waals surface area contributed by atoms with Crippen LogP contribution in [0.2, 0.25) is 0 Å². The Morgan fingerprint density at radius 1 is 0.339 bits per heavy atom. The van der Waals surface area contributed by atoms with Gasteiger partial charge in [0.25, 0.3) is 0 Å². The lowest BCUT2D eigenvalue weighted by atomic mass is 9.95. The van der Waals surface area contributed by atoms with Gasteiger partial charge in [0.2, 0.25) is 5.82 Å². The van der Waals surface area contributed by atoms with Gasteiger partial charge in [-0.15, -0.1) is 0 Å². The summed E-state index contributed by atoms with van der Waals surface area (Å²) in [6.07, 6.45) is -5.34. The molecule has 10 heteroatoms. The average molecular weight is 795 g/mol. The van der Waals surface area contributed by atoms with E-state index in [1.165, 1.54) is 0 Å². The van der Waals surface area contributed by atoms with E-state index in [2.05, 4.69) is 0 Å². The Morgan fingerprint density at radius 2 is 0.729 bits per heavy atom. The lowest BCUT2D eigenvalue weighted by Crippen LogP contribution is -2.14. The first kappa shape index (κ1) is 36.2. The van der Waals surface area contributed by atoms with Crippen LogP contribution < -0.4 is 0 Å². The monoisotopic (exact) mass is 794 g/mol. The van der Waals surface area contributed by atoms with Crippen molar-refractivity contribution in [3.63, 3.8) is 0 Å². The fourth-order valence-corrected chi connectivity index (χ4v) is 8.30. The molecule has 0 aliphatic rings. The third-order valence-electron chi connectivity index (χ3n) is 10.9. The van der Waals surface area contributed by atoms with Crippen molar-refractivity contribution in [2.24, 2.45) is 0 Å². The molecule has 2 heterocycles. The van der Waals surface area contributed by atoms with E-state index in [1.807, 2.05) is 121 Å². The molecule has 0 amide bonds. The van der Waals surface area contributed by atoms with Gasteiger partial charge in [0.05, 0.1) is 44.6 Å². The Kier molecular flexibility index (Phi) is 8.24. The van der Waals surface area contributed by atoms with Gasteiger partial charge in [-0.2, -0.15) is 13.2 Å². The molecular formula is C49H26F8N2. The number of fused-ring (bicyclic) bond motifs is 6. The average Bonchev–Trinajstić information content (AvgIpc) is 3.77. The maximum absolute atomic E-state index is 15.8. The maximum atomic E-state index is 15.8. The van der Waals surface area contributed by atoms with Gasteiger partial charge >= 0.3 is 6.18 Å². The second-order valence-corrected chi connectivity index (χ2v) is 14.2.